The minimum Gasteiger partial charge on any atom is -0.376 e. The van der Waals surface area contributed by atoms with Crippen molar-refractivity contribution >= 4 is 49.1 Å². The van der Waals surface area contributed by atoms with E-state index in [0.29, 0.717) is 30.1 Å². The highest BCUT2D eigenvalue weighted by molar-refractivity contribution is 9.10. The zero-order valence-corrected chi connectivity index (χ0v) is 19.4. The SMILES string of the molecule is CS(=O)(=O)N(CC(=O)Nc1ccccc1C(=O)NC[C@@H]1CCCO1)c1ccc(Br)cc1. The Labute approximate surface area is 190 Å². The number of nitrogens with zero attached hydrogens (tertiary/aromatic N) is 1. The van der Waals surface area contributed by atoms with Crippen molar-refractivity contribution in [2.24, 2.45) is 0 Å². The number of rotatable bonds is 8. The molecule has 1 aliphatic rings. The zero-order valence-electron chi connectivity index (χ0n) is 17.0. The van der Waals surface area contributed by atoms with Gasteiger partial charge in [0.05, 0.1) is 29.3 Å². The van der Waals surface area contributed by atoms with Gasteiger partial charge in [0.15, 0.2) is 0 Å². The van der Waals surface area contributed by atoms with Crippen LogP contribution >= 0.6 is 15.9 Å². The minimum atomic E-state index is -3.70. The van der Waals surface area contributed by atoms with Crippen LogP contribution in [0.5, 0.6) is 0 Å². The molecule has 1 fully saturated rings. The fraction of sp³-hybridized carbons (Fsp3) is 0.333. The molecule has 0 unspecified atom stereocenters. The highest BCUT2D eigenvalue weighted by Crippen LogP contribution is 2.21. The monoisotopic (exact) mass is 509 g/mol. The molecule has 1 atom stereocenters. The van der Waals surface area contributed by atoms with Crippen LogP contribution in [-0.2, 0) is 19.6 Å². The van der Waals surface area contributed by atoms with Crippen molar-refractivity contribution in [1.29, 1.82) is 0 Å². The summed E-state index contributed by atoms with van der Waals surface area (Å²) in [5, 5.41) is 5.48. The number of sulfonamides is 1. The molecule has 0 saturated carbocycles. The van der Waals surface area contributed by atoms with Gasteiger partial charge >= 0.3 is 0 Å². The summed E-state index contributed by atoms with van der Waals surface area (Å²) in [6.07, 6.45) is 2.91. The van der Waals surface area contributed by atoms with Gasteiger partial charge in [-0.1, -0.05) is 28.1 Å². The van der Waals surface area contributed by atoms with E-state index in [4.69, 9.17) is 4.74 Å². The molecule has 10 heteroatoms. The van der Waals surface area contributed by atoms with Gasteiger partial charge in [0.2, 0.25) is 15.9 Å². The molecule has 8 nitrogen and oxygen atoms in total. The van der Waals surface area contributed by atoms with Gasteiger partial charge in [-0.15, -0.1) is 0 Å². The average molecular weight is 510 g/mol. The molecule has 0 aliphatic carbocycles. The smallest absolute Gasteiger partial charge is 0.253 e. The normalized spacial score (nSPS) is 16.0. The van der Waals surface area contributed by atoms with Gasteiger partial charge in [-0.2, -0.15) is 0 Å². The van der Waals surface area contributed by atoms with Crippen molar-refractivity contribution in [1.82, 2.24) is 5.32 Å². The van der Waals surface area contributed by atoms with Gasteiger partial charge in [0, 0.05) is 17.6 Å². The van der Waals surface area contributed by atoms with E-state index in [0.717, 1.165) is 27.9 Å². The molecule has 3 rings (SSSR count). The van der Waals surface area contributed by atoms with Gasteiger partial charge in [0.25, 0.3) is 5.91 Å². The molecular weight excluding hydrogens is 486 g/mol. The van der Waals surface area contributed by atoms with Crippen LogP contribution in [0.2, 0.25) is 0 Å². The fourth-order valence-electron chi connectivity index (χ4n) is 3.22. The molecule has 0 radical (unpaired) electrons. The molecule has 2 amide bonds. The third-order valence-electron chi connectivity index (χ3n) is 4.76. The lowest BCUT2D eigenvalue weighted by atomic mass is 10.1. The summed E-state index contributed by atoms with van der Waals surface area (Å²) in [7, 11) is -3.70. The summed E-state index contributed by atoms with van der Waals surface area (Å²) in [6.45, 7) is 0.668. The van der Waals surface area contributed by atoms with Crippen LogP contribution in [0.1, 0.15) is 23.2 Å². The predicted molar refractivity (Wildman–Crippen MR) is 123 cm³/mol. The molecule has 2 N–H and O–H groups in total. The van der Waals surface area contributed by atoms with Crippen molar-refractivity contribution in [3.63, 3.8) is 0 Å². The van der Waals surface area contributed by atoms with Crippen LogP contribution in [0.3, 0.4) is 0 Å². The molecule has 31 heavy (non-hydrogen) atoms. The zero-order chi connectivity index (χ0) is 22.4. The molecule has 0 aromatic heterocycles. The van der Waals surface area contributed by atoms with Crippen LogP contribution in [0, 0.1) is 0 Å². The minimum absolute atomic E-state index is 0.0000634. The van der Waals surface area contributed by atoms with Crippen molar-refractivity contribution in [3.8, 4) is 0 Å². The van der Waals surface area contributed by atoms with Crippen LogP contribution in [0.4, 0.5) is 11.4 Å². The third kappa shape index (κ3) is 6.52. The van der Waals surface area contributed by atoms with Crippen molar-refractivity contribution in [3.05, 3.63) is 58.6 Å². The van der Waals surface area contributed by atoms with Crippen LogP contribution < -0.4 is 14.9 Å². The number of anilines is 2. The molecule has 1 heterocycles. The van der Waals surface area contributed by atoms with E-state index >= 15 is 0 Å². The Morgan fingerprint density at radius 3 is 2.52 bits per heavy atom. The molecule has 1 aliphatic heterocycles. The second-order valence-electron chi connectivity index (χ2n) is 7.18. The summed E-state index contributed by atoms with van der Waals surface area (Å²) in [6, 6.07) is 13.2. The van der Waals surface area contributed by atoms with Crippen LogP contribution in [-0.4, -0.2) is 52.3 Å². The van der Waals surface area contributed by atoms with E-state index in [-0.39, 0.29) is 12.0 Å². The largest absolute Gasteiger partial charge is 0.376 e. The Bertz CT molecular complexity index is 1040. The predicted octanol–water partition coefficient (Wildman–Crippen LogP) is 2.76. The maximum atomic E-state index is 12.7. The van der Waals surface area contributed by atoms with Crippen molar-refractivity contribution < 1.29 is 22.7 Å². The number of amides is 2. The number of halogens is 1. The number of ether oxygens (including phenoxy) is 1. The first-order valence-electron chi connectivity index (χ1n) is 9.76. The first kappa shape index (κ1) is 23.2. The summed E-state index contributed by atoms with van der Waals surface area (Å²) in [4.78, 5) is 25.3. The van der Waals surface area contributed by atoms with Gasteiger partial charge in [-0.3, -0.25) is 13.9 Å². The number of carbonyl (C=O) groups is 2. The lowest BCUT2D eigenvalue weighted by molar-refractivity contribution is -0.114. The molecular formula is C21H24BrN3O5S. The van der Waals surface area contributed by atoms with Gasteiger partial charge in [0.1, 0.15) is 6.54 Å². The lowest BCUT2D eigenvalue weighted by Crippen LogP contribution is -2.38. The van der Waals surface area contributed by atoms with Crippen molar-refractivity contribution in [2.45, 2.75) is 18.9 Å². The Hall–Kier alpha value is -2.43. The lowest BCUT2D eigenvalue weighted by Gasteiger charge is -2.22. The molecule has 0 bridgehead atoms. The standard InChI is InChI=1S/C21H24BrN3O5S/c1-31(28,29)25(16-10-8-15(22)9-11-16)14-20(26)24-19-7-3-2-6-18(19)21(27)23-13-17-5-4-12-30-17/h2-3,6-11,17H,4-5,12-14H2,1H3,(H,23,27)(H,24,26)/t17-/m0/s1. The Kier molecular flexibility index (Phi) is 7.69. The molecule has 1 saturated heterocycles. The Morgan fingerprint density at radius 2 is 1.87 bits per heavy atom. The number of carbonyl (C=O) groups excluding carboxylic acids is 2. The van der Waals surface area contributed by atoms with Gasteiger partial charge in [-0.05, 0) is 49.2 Å². The number of nitrogens with one attached hydrogen (secondary N) is 2. The Balaban J connectivity index is 1.70. The van der Waals surface area contributed by atoms with E-state index in [9.17, 15) is 18.0 Å². The first-order chi connectivity index (χ1) is 14.7. The first-order valence-corrected chi connectivity index (χ1v) is 12.4. The highest BCUT2D eigenvalue weighted by Gasteiger charge is 2.22. The summed E-state index contributed by atoms with van der Waals surface area (Å²) in [5.41, 5.74) is 0.966. The number of para-hydroxylation sites is 1. The van der Waals surface area contributed by atoms with E-state index in [1.54, 1.807) is 48.5 Å². The fourth-order valence-corrected chi connectivity index (χ4v) is 4.35. The van der Waals surface area contributed by atoms with E-state index in [2.05, 4.69) is 26.6 Å². The van der Waals surface area contributed by atoms with E-state index in [1.807, 2.05) is 0 Å². The van der Waals surface area contributed by atoms with Crippen LogP contribution in [0.15, 0.2) is 53.0 Å². The summed E-state index contributed by atoms with van der Waals surface area (Å²) in [5.74, 6) is -0.896. The topological polar surface area (TPSA) is 105 Å². The molecule has 166 valence electrons. The van der Waals surface area contributed by atoms with Gasteiger partial charge in [-0.25, -0.2) is 8.42 Å². The average Bonchev–Trinajstić information content (AvgIpc) is 3.24. The van der Waals surface area contributed by atoms with E-state index < -0.39 is 22.5 Å². The number of benzene rings is 2. The molecule has 2 aromatic rings. The highest BCUT2D eigenvalue weighted by atomic mass is 79.9. The molecule has 2 aromatic carbocycles. The summed E-state index contributed by atoms with van der Waals surface area (Å²) >= 11 is 3.30. The molecule has 0 spiro atoms. The quantitative estimate of drug-likeness (QED) is 0.569. The second kappa shape index (κ2) is 10.3. The number of hydrogen-bond donors (Lipinski definition) is 2. The summed E-state index contributed by atoms with van der Waals surface area (Å²) < 4.78 is 31.8. The maximum absolute atomic E-state index is 12.7. The van der Waals surface area contributed by atoms with Crippen molar-refractivity contribution in [2.75, 3.05) is 35.6 Å². The maximum Gasteiger partial charge on any atom is 0.253 e. The van der Waals surface area contributed by atoms with Gasteiger partial charge < -0.3 is 15.4 Å². The number of hydrogen-bond acceptors (Lipinski definition) is 5. The third-order valence-corrected chi connectivity index (χ3v) is 6.43. The second-order valence-corrected chi connectivity index (χ2v) is 10.0. The Morgan fingerprint density at radius 1 is 1.16 bits per heavy atom. The van der Waals surface area contributed by atoms with E-state index in [1.165, 1.54) is 0 Å². The van der Waals surface area contributed by atoms with Crippen LogP contribution in [0.25, 0.3) is 0 Å².